The molecule has 0 saturated heterocycles. The van der Waals surface area contributed by atoms with Crippen LogP contribution in [0.5, 0.6) is 0 Å². The monoisotopic (exact) mass is 291 g/mol. The number of rotatable bonds is 5. The highest BCUT2D eigenvalue weighted by molar-refractivity contribution is 5.29. The van der Waals surface area contributed by atoms with E-state index in [1.807, 2.05) is 4.57 Å². The Morgan fingerprint density at radius 3 is 2.67 bits per heavy atom. The van der Waals surface area contributed by atoms with E-state index in [0.29, 0.717) is 12.6 Å². The molecule has 21 heavy (non-hydrogen) atoms. The average molecular weight is 291 g/mol. The quantitative estimate of drug-likeness (QED) is 0.904. The molecule has 1 aliphatic heterocycles. The lowest BCUT2D eigenvalue weighted by molar-refractivity contribution is 0.301. The molecule has 0 spiro atoms. The predicted molar refractivity (Wildman–Crippen MR) is 87.7 cm³/mol. The van der Waals surface area contributed by atoms with E-state index in [4.69, 9.17) is 0 Å². The Bertz CT molecular complexity index is 548. The fourth-order valence-corrected chi connectivity index (χ4v) is 2.97. The lowest BCUT2D eigenvalue weighted by atomic mass is 10.0. The van der Waals surface area contributed by atoms with Crippen LogP contribution in [-0.2, 0) is 19.5 Å². The van der Waals surface area contributed by atoms with Crippen LogP contribution in [-0.4, -0.2) is 29.1 Å². The summed E-state index contributed by atoms with van der Waals surface area (Å²) in [5.41, 5.74) is 3.64. The SMILES string of the molecule is CCC(C)NCc1cc2c(n(C(C)C)c1=O)CCN(C)C2. The van der Waals surface area contributed by atoms with Gasteiger partial charge in [0.15, 0.2) is 0 Å². The molecule has 1 aromatic rings. The minimum absolute atomic E-state index is 0.184. The van der Waals surface area contributed by atoms with Crippen LogP contribution in [0, 0.1) is 0 Å². The predicted octanol–water partition coefficient (Wildman–Crippen LogP) is 2.31. The smallest absolute Gasteiger partial charge is 0.255 e. The first kappa shape index (κ1) is 16.2. The summed E-state index contributed by atoms with van der Waals surface area (Å²) in [7, 11) is 2.14. The molecule has 0 aromatic carbocycles. The zero-order chi connectivity index (χ0) is 15.6. The van der Waals surface area contributed by atoms with E-state index in [9.17, 15) is 4.79 Å². The molecule has 0 fully saturated rings. The Hall–Kier alpha value is -1.13. The maximum absolute atomic E-state index is 12.8. The van der Waals surface area contributed by atoms with Crippen LogP contribution in [0.4, 0.5) is 0 Å². The number of hydrogen-bond acceptors (Lipinski definition) is 3. The van der Waals surface area contributed by atoms with Crippen molar-refractivity contribution in [2.75, 3.05) is 13.6 Å². The van der Waals surface area contributed by atoms with Gasteiger partial charge in [0, 0.05) is 49.4 Å². The van der Waals surface area contributed by atoms with Crippen LogP contribution in [0.3, 0.4) is 0 Å². The van der Waals surface area contributed by atoms with Gasteiger partial charge in [0.1, 0.15) is 0 Å². The minimum Gasteiger partial charge on any atom is -0.310 e. The molecule has 0 bridgehead atoms. The molecule has 1 atom stereocenters. The van der Waals surface area contributed by atoms with E-state index in [0.717, 1.165) is 31.5 Å². The topological polar surface area (TPSA) is 37.3 Å². The lowest BCUT2D eigenvalue weighted by Gasteiger charge is -2.29. The number of fused-ring (bicyclic) bond motifs is 1. The van der Waals surface area contributed by atoms with Crippen molar-refractivity contribution < 1.29 is 0 Å². The summed E-state index contributed by atoms with van der Waals surface area (Å²) in [6.45, 7) is 11.2. The van der Waals surface area contributed by atoms with Crippen molar-refractivity contribution in [2.24, 2.45) is 0 Å². The molecule has 1 aromatic heterocycles. The number of nitrogens with one attached hydrogen (secondary N) is 1. The van der Waals surface area contributed by atoms with Gasteiger partial charge in [-0.05, 0) is 45.9 Å². The molecule has 0 radical (unpaired) electrons. The largest absolute Gasteiger partial charge is 0.310 e. The normalized spacial score (nSPS) is 17.0. The maximum Gasteiger partial charge on any atom is 0.255 e. The Morgan fingerprint density at radius 2 is 2.05 bits per heavy atom. The van der Waals surface area contributed by atoms with Crippen LogP contribution in [0.25, 0.3) is 0 Å². The van der Waals surface area contributed by atoms with Crippen molar-refractivity contribution >= 4 is 0 Å². The zero-order valence-electron chi connectivity index (χ0n) is 14.1. The van der Waals surface area contributed by atoms with E-state index < -0.39 is 0 Å². The van der Waals surface area contributed by atoms with Crippen LogP contribution in [0.15, 0.2) is 10.9 Å². The molecule has 2 rings (SSSR count). The van der Waals surface area contributed by atoms with Gasteiger partial charge in [0.25, 0.3) is 5.56 Å². The van der Waals surface area contributed by atoms with Gasteiger partial charge >= 0.3 is 0 Å². The van der Waals surface area contributed by atoms with E-state index in [-0.39, 0.29) is 11.6 Å². The summed E-state index contributed by atoms with van der Waals surface area (Å²) >= 11 is 0. The number of hydrogen-bond donors (Lipinski definition) is 1. The number of nitrogens with zero attached hydrogens (tertiary/aromatic N) is 2. The molecular formula is C17H29N3O. The van der Waals surface area contributed by atoms with Gasteiger partial charge in [-0.1, -0.05) is 6.92 Å². The molecule has 1 aliphatic rings. The molecule has 0 amide bonds. The molecule has 0 saturated carbocycles. The van der Waals surface area contributed by atoms with E-state index in [1.54, 1.807) is 0 Å². The van der Waals surface area contributed by atoms with Crippen LogP contribution in [0.1, 0.15) is 57.0 Å². The van der Waals surface area contributed by atoms with E-state index >= 15 is 0 Å². The summed E-state index contributed by atoms with van der Waals surface area (Å²) in [4.78, 5) is 15.1. The standard InChI is InChI=1S/C17H29N3O/c1-6-13(4)18-10-14-9-15-11-19(5)8-7-16(15)20(12(2)3)17(14)21/h9,12-13,18H,6-8,10-11H2,1-5H3. The highest BCUT2D eigenvalue weighted by Crippen LogP contribution is 2.20. The second-order valence-electron chi connectivity index (χ2n) is 6.59. The molecule has 118 valence electrons. The fraction of sp³-hybridized carbons (Fsp3) is 0.706. The van der Waals surface area contributed by atoms with Gasteiger partial charge in [-0.3, -0.25) is 4.79 Å². The zero-order valence-corrected chi connectivity index (χ0v) is 14.1. The van der Waals surface area contributed by atoms with Gasteiger partial charge < -0.3 is 14.8 Å². The second kappa shape index (κ2) is 6.75. The van der Waals surface area contributed by atoms with Crippen molar-refractivity contribution in [1.82, 2.24) is 14.8 Å². The van der Waals surface area contributed by atoms with Gasteiger partial charge in [0.2, 0.25) is 0 Å². The van der Waals surface area contributed by atoms with Gasteiger partial charge in [-0.25, -0.2) is 0 Å². The molecule has 1 unspecified atom stereocenters. The van der Waals surface area contributed by atoms with Crippen LogP contribution >= 0.6 is 0 Å². The fourth-order valence-electron chi connectivity index (χ4n) is 2.97. The highest BCUT2D eigenvalue weighted by Gasteiger charge is 2.21. The Kier molecular flexibility index (Phi) is 5.22. The van der Waals surface area contributed by atoms with Crippen molar-refractivity contribution in [1.29, 1.82) is 0 Å². The second-order valence-corrected chi connectivity index (χ2v) is 6.59. The summed E-state index contributed by atoms with van der Waals surface area (Å²) in [5.74, 6) is 0. The van der Waals surface area contributed by atoms with Crippen molar-refractivity contribution in [3.63, 3.8) is 0 Å². The first-order chi connectivity index (χ1) is 9.93. The van der Waals surface area contributed by atoms with Crippen molar-refractivity contribution in [2.45, 2.75) is 65.7 Å². The average Bonchev–Trinajstić information content (AvgIpc) is 2.44. The minimum atomic E-state index is 0.184. The number of likely N-dealkylation sites (N-methyl/N-ethyl adjacent to an activating group) is 1. The molecule has 2 heterocycles. The number of pyridine rings is 1. The van der Waals surface area contributed by atoms with Gasteiger partial charge in [-0.15, -0.1) is 0 Å². The first-order valence-electron chi connectivity index (χ1n) is 8.12. The van der Waals surface area contributed by atoms with Crippen molar-refractivity contribution in [3.05, 3.63) is 33.2 Å². The Morgan fingerprint density at radius 1 is 1.33 bits per heavy atom. The summed E-state index contributed by atoms with van der Waals surface area (Å²) in [6.07, 6.45) is 2.05. The maximum atomic E-state index is 12.8. The third-order valence-corrected chi connectivity index (χ3v) is 4.44. The molecule has 0 aliphatic carbocycles. The van der Waals surface area contributed by atoms with E-state index in [1.165, 1.54) is 11.3 Å². The summed E-state index contributed by atoms with van der Waals surface area (Å²) < 4.78 is 2.01. The Balaban J connectivity index is 2.40. The van der Waals surface area contributed by atoms with Gasteiger partial charge in [0.05, 0.1) is 0 Å². The van der Waals surface area contributed by atoms with Gasteiger partial charge in [-0.2, -0.15) is 0 Å². The molecule has 4 nitrogen and oxygen atoms in total. The lowest BCUT2D eigenvalue weighted by Crippen LogP contribution is -2.37. The molecular weight excluding hydrogens is 262 g/mol. The molecule has 4 heteroatoms. The van der Waals surface area contributed by atoms with Crippen LogP contribution in [0.2, 0.25) is 0 Å². The number of aromatic nitrogens is 1. The first-order valence-corrected chi connectivity index (χ1v) is 8.12. The Labute approximate surface area is 128 Å². The van der Waals surface area contributed by atoms with Crippen LogP contribution < -0.4 is 10.9 Å². The van der Waals surface area contributed by atoms with Crippen molar-refractivity contribution in [3.8, 4) is 0 Å². The third-order valence-electron chi connectivity index (χ3n) is 4.44. The summed E-state index contributed by atoms with van der Waals surface area (Å²) in [5, 5.41) is 3.45. The summed E-state index contributed by atoms with van der Waals surface area (Å²) in [6, 6.07) is 2.79. The third kappa shape index (κ3) is 3.55. The molecule has 1 N–H and O–H groups in total. The van der Waals surface area contributed by atoms with E-state index in [2.05, 4.69) is 51.0 Å². The highest BCUT2D eigenvalue weighted by atomic mass is 16.1.